The number of nitrogens with one attached hydrogen (secondary N) is 1. The molecule has 1 aromatic rings. The van der Waals surface area contributed by atoms with Crippen LogP contribution in [0.5, 0.6) is 0 Å². The van der Waals surface area contributed by atoms with E-state index >= 15 is 0 Å². The molecule has 0 radical (unpaired) electrons. The predicted molar refractivity (Wildman–Crippen MR) is 55.2 cm³/mol. The lowest BCUT2D eigenvalue weighted by molar-refractivity contribution is -0.141. The van der Waals surface area contributed by atoms with Crippen LogP contribution >= 0.6 is 0 Å². The van der Waals surface area contributed by atoms with Crippen molar-refractivity contribution in [3.8, 4) is 0 Å². The van der Waals surface area contributed by atoms with Gasteiger partial charge in [-0.2, -0.15) is 18.3 Å². The summed E-state index contributed by atoms with van der Waals surface area (Å²) in [5.41, 5.74) is -0.521. The highest BCUT2D eigenvalue weighted by molar-refractivity contribution is 5.09. The van der Waals surface area contributed by atoms with Gasteiger partial charge in [0.1, 0.15) is 0 Å². The van der Waals surface area contributed by atoms with Gasteiger partial charge >= 0.3 is 6.18 Å². The Morgan fingerprint density at radius 3 is 2.53 bits per heavy atom. The summed E-state index contributed by atoms with van der Waals surface area (Å²) in [6.07, 6.45) is -4.44. The van der Waals surface area contributed by atoms with Gasteiger partial charge in [-0.1, -0.05) is 0 Å². The van der Waals surface area contributed by atoms with Crippen LogP contribution in [-0.4, -0.2) is 30.0 Å². The van der Waals surface area contributed by atoms with Crippen LogP contribution in [0.15, 0.2) is 12.1 Å². The lowest BCUT2D eigenvalue weighted by Gasteiger charge is -2.12. The van der Waals surface area contributed by atoms with Gasteiger partial charge in [-0.25, -0.2) is 0 Å². The van der Waals surface area contributed by atoms with Crippen molar-refractivity contribution >= 4 is 0 Å². The Bertz CT molecular complexity index is 340. The van der Waals surface area contributed by atoms with Crippen LogP contribution in [0.25, 0.3) is 0 Å². The molecule has 0 unspecified atom stereocenters. The molecule has 0 amide bonds. The number of hydrogen-bond acceptors (Lipinski definition) is 4. The van der Waals surface area contributed by atoms with Gasteiger partial charge in [-0.3, -0.25) is 0 Å². The average Bonchev–Trinajstić information content (AvgIpc) is 2.26. The molecule has 0 spiro atoms. The highest BCUT2D eigenvalue weighted by atomic mass is 19.4. The molecular formula is C10H14F3N3O. The maximum absolute atomic E-state index is 12.2. The van der Waals surface area contributed by atoms with Gasteiger partial charge in [0.25, 0.3) is 0 Å². The Morgan fingerprint density at radius 2 is 2.06 bits per heavy atom. The summed E-state index contributed by atoms with van der Waals surface area (Å²) in [6.45, 7) is 2.78. The topological polar surface area (TPSA) is 47.0 Å². The number of ether oxygens (including phenoxy) is 1. The van der Waals surface area contributed by atoms with Crippen LogP contribution in [-0.2, 0) is 17.5 Å². The van der Waals surface area contributed by atoms with Crippen molar-refractivity contribution in [2.45, 2.75) is 25.7 Å². The van der Waals surface area contributed by atoms with E-state index in [1.807, 2.05) is 6.92 Å². The van der Waals surface area contributed by atoms with E-state index < -0.39 is 11.9 Å². The van der Waals surface area contributed by atoms with E-state index in [2.05, 4.69) is 15.5 Å². The van der Waals surface area contributed by atoms with E-state index in [1.165, 1.54) is 6.07 Å². The number of rotatable bonds is 5. The molecule has 1 aromatic heterocycles. The molecule has 0 bridgehead atoms. The highest BCUT2D eigenvalue weighted by Crippen LogP contribution is 2.26. The van der Waals surface area contributed by atoms with Gasteiger partial charge in [0.15, 0.2) is 5.69 Å². The van der Waals surface area contributed by atoms with Crippen LogP contribution in [0.4, 0.5) is 13.2 Å². The third-order valence-corrected chi connectivity index (χ3v) is 2.06. The van der Waals surface area contributed by atoms with Crippen LogP contribution < -0.4 is 5.32 Å². The third-order valence-electron chi connectivity index (χ3n) is 2.06. The molecule has 0 aliphatic carbocycles. The van der Waals surface area contributed by atoms with E-state index in [0.717, 1.165) is 6.07 Å². The van der Waals surface area contributed by atoms with E-state index in [-0.39, 0.29) is 6.04 Å². The minimum absolute atomic E-state index is 0.101. The summed E-state index contributed by atoms with van der Waals surface area (Å²) in [6, 6.07) is 2.33. The minimum Gasteiger partial charge on any atom is -0.383 e. The van der Waals surface area contributed by atoms with Gasteiger partial charge < -0.3 is 10.1 Å². The fourth-order valence-corrected chi connectivity index (χ4v) is 1.19. The molecular weight excluding hydrogens is 235 g/mol. The van der Waals surface area contributed by atoms with Crippen LogP contribution in [0.3, 0.4) is 0 Å². The molecule has 0 fully saturated rings. The zero-order chi connectivity index (χ0) is 12.9. The summed E-state index contributed by atoms with van der Waals surface area (Å²) in [5.74, 6) is 0. The standard InChI is InChI=1S/C10H14F3N3O/c1-7(6-17-2)14-5-8-3-4-9(16-15-8)10(11,12)13/h3-4,7,14H,5-6H2,1-2H3/t7-/m1/s1. The van der Waals surface area contributed by atoms with E-state index in [1.54, 1.807) is 7.11 Å². The lowest BCUT2D eigenvalue weighted by Crippen LogP contribution is -2.30. The average molecular weight is 249 g/mol. The highest BCUT2D eigenvalue weighted by Gasteiger charge is 2.32. The fourth-order valence-electron chi connectivity index (χ4n) is 1.19. The number of aromatic nitrogens is 2. The number of nitrogens with zero attached hydrogens (tertiary/aromatic N) is 2. The molecule has 0 saturated heterocycles. The normalized spacial score (nSPS) is 13.7. The van der Waals surface area contributed by atoms with Crippen LogP contribution in [0, 0.1) is 0 Å². The second kappa shape index (κ2) is 5.92. The minimum atomic E-state index is -4.44. The Kier molecular flexibility index (Phi) is 4.83. The van der Waals surface area contributed by atoms with Crippen molar-refractivity contribution in [2.24, 2.45) is 0 Å². The van der Waals surface area contributed by atoms with Crippen molar-refractivity contribution < 1.29 is 17.9 Å². The molecule has 96 valence electrons. The molecule has 17 heavy (non-hydrogen) atoms. The molecule has 7 heteroatoms. The Hall–Kier alpha value is -1.21. The molecule has 1 rings (SSSR count). The van der Waals surface area contributed by atoms with Crippen LogP contribution in [0.1, 0.15) is 18.3 Å². The van der Waals surface area contributed by atoms with Gasteiger partial charge in [0, 0.05) is 19.7 Å². The first-order valence-corrected chi connectivity index (χ1v) is 5.05. The first-order valence-electron chi connectivity index (χ1n) is 5.05. The van der Waals surface area contributed by atoms with Crippen molar-refractivity contribution in [2.75, 3.05) is 13.7 Å². The Balaban J connectivity index is 2.51. The quantitative estimate of drug-likeness (QED) is 0.861. The van der Waals surface area contributed by atoms with Crippen molar-refractivity contribution in [3.05, 3.63) is 23.5 Å². The van der Waals surface area contributed by atoms with Gasteiger partial charge in [-0.15, -0.1) is 5.10 Å². The van der Waals surface area contributed by atoms with Gasteiger partial charge in [-0.05, 0) is 19.1 Å². The maximum atomic E-state index is 12.2. The van der Waals surface area contributed by atoms with Crippen molar-refractivity contribution in [1.29, 1.82) is 0 Å². The zero-order valence-corrected chi connectivity index (χ0v) is 9.58. The SMILES string of the molecule is COC[C@@H](C)NCc1ccc(C(F)(F)F)nn1. The van der Waals surface area contributed by atoms with Gasteiger partial charge in [0.2, 0.25) is 0 Å². The van der Waals surface area contributed by atoms with E-state index in [0.29, 0.717) is 18.8 Å². The Morgan fingerprint density at radius 1 is 1.35 bits per heavy atom. The Labute approximate surface area is 97.2 Å². The molecule has 0 aliphatic heterocycles. The molecule has 1 atom stereocenters. The fraction of sp³-hybridized carbons (Fsp3) is 0.600. The summed E-state index contributed by atoms with van der Waals surface area (Å²) in [5, 5.41) is 9.68. The molecule has 0 aromatic carbocycles. The third kappa shape index (κ3) is 4.66. The van der Waals surface area contributed by atoms with Crippen LogP contribution in [0.2, 0.25) is 0 Å². The number of alkyl halides is 3. The van der Waals surface area contributed by atoms with E-state index in [4.69, 9.17) is 4.74 Å². The van der Waals surface area contributed by atoms with Crippen molar-refractivity contribution in [3.63, 3.8) is 0 Å². The second-order valence-corrected chi connectivity index (χ2v) is 3.64. The predicted octanol–water partition coefficient (Wildman–Crippen LogP) is 1.62. The first-order chi connectivity index (χ1) is 7.93. The second-order valence-electron chi connectivity index (χ2n) is 3.64. The number of hydrogen-bond donors (Lipinski definition) is 1. The first kappa shape index (κ1) is 13.9. The van der Waals surface area contributed by atoms with Gasteiger partial charge in [0.05, 0.1) is 12.3 Å². The molecule has 0 aliphatic rings. The smallest absolute Gasteiger partial charge is 0.383 e. The largest absolute Gasteiger partial charge is 0.435 e. The summed E-state index contributed by atoms with van der Waals surface area (Å²) >= 11 is 0. The summed E-state index contributed by atoms with van der Waals surface area (Å²) < 4.78 is 41.5. The van der Waals surface area contributed by atoms with E-state index in [9.17, 15) is 13.2 Å². The summed E-state index contributed by atoms with van der Waals surface area (Å²) in [7, 11) is 1.58. The molecule has 0 saturated carbocycles. The lowest BCUT2D eigenvalue weighted by atomic mass is 10.3. The zero-order valence-electron chi connectivity index (χ0n) is 9.58. The summed E-state index contributed by atoms with van der Waals surface area (Å²) in [4.78, 5) is 0. The monoisotopic (exact) mass is 249 g/mol. The molecule has 1 heterocycles. The maximum Gasteiger partial charge on any atom is 0.435 e. The molecule has 1 N–H and O–H groups in total. The number of methoxy groups -OCH3 is 1. The molecule has 4 nitrogen and oxygen atoms in total. The van der Waals surface area contributed by atoms with Crippen molar-refractivity contribution in [1.82, 2.24) is 15.5 Å². The number of halogens is 3.